The smallest absolute Gasteiger partial charge is 0.119 e. The van der Waals surface area contributed by atoms with E-state index in [1.54, 1.807) is 14.0 Å². The fourth-order valence-electron chi connectivity index (χ4n) is 1.32. The molecule has 1 unspecified atom stereocenters. The first kappa shape index (κ1) is 13.5. The maximum absolute atomic E-state index is 8.57. The maximum Gasteiger partial charge on any atom is 0.119 e. The molecule has 1 aromatic rings. The molecule has 4 nitrogen and oxygen atoms in total. The summed E-state index contributed by atoms with van der Waals surface area (Å²) in [5.41, 5.74) is 1.78. The summed E-state index contributed by atoms with van der Waals surface area (Å²) in [5.74, 6) is 0.816. The minimum absolute atomic E-state index is 0.0819. The third-order valence-electron chi connectivity index (χ3n) is 2.44. The largest absolute Gasteiger partial charge is 0.491 e. The van der Waals surface area contributed by atoms with E-state index in [1.165, 1.54) is 0 Å². The van der Waals surface area contributed by atoms with Crippen LogP contribution in [0.25, 0.3) is 0 Å². The zero-order chi connectivity index (χ0) is 12.7. The molecule has 0 aliphatic rings. The Labute approximate surface area is 102 Å². The van der Waals surface area contributed by atoms with E-state index in [0.717, 1.165) is 11.3 Å². The topological polar surface area (TPSA) is 51.0 Å². The number of ether oxygens (including phenoxy) is 2. The lowest BCUT2D eigenvalue weighted by atomic mass is 10.1. The lowest BCUT2D eigenvalue weighted by Crippen LogP contribution is -2.15. The van der Waals surface area contributed by atoms with E-state index in [1.807, 2.05) is 31.2 Å². The Hall–Kier alpha value is -1.55. The molecule has 0 saturated heterocycles. The first-order valence-corrected chi connectivity index (χ1v) is 5.57. The molecule has 0 radical (unpaired) electrons. The van der Waals surface area contributed by atoms with Gasteiger partial charge in [-0.15, -0.1) is 0 Å². The fourth-order valence-corrected chi connectivity index (χ4v) is 1.32. The number of benzene rings is 1. The van der Waals surface area contributed by atoms with Gasteiger partial charge >= 0.3 is 0 Å². The molecule has 0 aliphatic heterocycles. The van der Waals surface area contributed by atoms with Crippen molar-refractivity contribution in [2.75, 3.05) is 13.7 Å². The Morgan fingerprint density at radius 3 is 2.53 bits per heavy atom. The highest BCUT2D eigenvalue weighted by Crippen LogP contribution is 2.13. The predicted octanol–water partition coefficient (Wildman–Crippen LogP) is 2.49. The molecular weight excluding hydrogens is 218 g/mol. The van der Waals surface area contributed by atoms with Crippen molar-refractivity contribution in [1.29, 1.82) is 0 Å². The Bertz CT molecular complexity index is 359. The molecule has 4 heteroatoms. The van der Waals surface area contributed by atoms with Crippen LogP contribution in [-0.4, -0.2) is 30.7 Å². The van der Waals surface area contributed by atoms with Crippen molar-refractivity contribution in [3.63, 3.8) is 0 Å². The van der Waals surface area contributed by atoms with Gasteiger partial charge in [-0.3, -0.25) is 0 Å². The quantitative estimate of drug-likeness (QED) is 0.470. The van der Waals surface area contributed by atoms with Gasteiger partial charge in [0.05, 0.1) is 11.8 Å². The van der Waals surface area contributed by atoms with Crippen LogP contribution in [0.3, 0.4) is 0 Å². The molecule has 1 aromatic carbocycles. The monoisotopic (exact) mass is 237 g/mol. The van der Waals surface area contributed by atoms with Gasteiger partial charge in [-0.2, -0.15) is 0 Å². The van der Waals surface area contributed by atoms with Gasteiger partial charge in [-0.1, -0.05) is 17.3 Å². The molecular formula is C13H19NO3. The number of nitrogens with zero attached hydrogens (tertiary/aromatic N) is 1. The van der Waals surface area contributed by atoms with E-state index in [9.17, 15) is 0 Å². The van der Waals surface area contributed by atoms with Crippen molar-refractivity contribution in [3.05, 3.63) is 29.8 Å². The molecule has 0 aliphatic carbocycles. The van der Waals surface area contributed by atoms with Crippen molar-refractivity contribution in [2.45, 2.75) is 26.4 Å². The number of methoxy groups -OCH3 is 1. The third kappa shape index (κ3) is 4.87. The van der Waals surface area contributed by atoms with Crippen LogP contribution >= 0.6 is 0 Å². The molecule has 94 valence electrons. The molecule has 0 saturated carbocycles. The average Bonchev–Trinajstić information content (AvgIpc) is 2.37. The van der Waals surface area contributed by atoms with Crippen molar-refractivity contribution in [1.82, 2.24) is 0 Å². The van der Waals surface area contributed by atoms with E-state index < -0.39 is 0 Å². The van der Waals surface area contributed by atoms with Gasteiger partial charge in [-0.05, 0) is 31.5 Å². The zero-order valence-electron chi connectivity index (χ0n) is 10.5. The highest BCUT2D eigenvalue weighted by molar-refractivity contribution is 5.83. The summed E-state index contributed by atoms with van der Waals surface area (Å²) in [7, 11) is 1.66. The van der Waals surface area contributed by atoms with Crippen molar-refractivity contribution in [2.24, 2.45) is 5.16 Å². The van der Waals surface area contributed by atoms with Gasteiger partial charge in [0.1, 0.15) is 12.4 Å². The number of hydrogen-bond acceptors (Lipinski definition) is 4. The summed E-state index contributed by atoms with van der Waals surface area (Å²) in [5, 5.41) is 11.7. The third-order valence-corrected chi connectivity index (χ3v) is 2.44. The Morgan fingerprint density at radius 1 is 1.35 bits per heavy atom. The van der Waals surface area contributed by atoms with E-state index in [2.05, 4.69) is 5.16 Å². The first-order chi connectivity index (χ1) is 8.15. The molecule has 0 heterocycles. The lowest BCUT2D eigenvalue weighted by molar-refractivity contribution is 0.0716. The minimum Gasteiger partial charge on any atom is -0.491 e. The normalized spacial score (nSPS) is 13.5. The predicted molar refractivity (Wildman–Crippen MR) is 67.0 cm³/mol. The van der Waals surface area contributed by atoms with Crippen LogP contribution < -0.4 is 4.74 Å². The molecule has 1 N–H and O–H groups in total. The highest BCUT2D eigenvalue weighted by atomic mass is 16.5. The summed E-state index contributed by atoms with van der Waals surface area (Å²) >= 11 is 0. The average molecular weight is 237 g/mol. The van der Waals surface area contributed by atoms with Crippen LogP contribution in [0.15, 0.2) is 29.4 Å². The lowest BCUT2D eigenvalue weighted by Gasteiger charge is -2.11. The second-order valence-electron chi connectivity index (χ2n) is 4.01. The number of oxime groups is 1. The van der Waals surface area contributed by atoms with Crippen LogP contribution in [0.1, 0.15) is 19.4 Å². The highest BCUT2D eigenvalue weighted by Gasteiger charge is 2.01. The second kappa shape index (κ2) is 6.91. The van der Waals surface area contributed by atoms with Crippen LogP contribution in [0, 0.1) is 0 Å². The van der Waals surface area contributed by atoms with Crippen LogP contribution in [0.2, 0.25) is 0 Å². The standard InChI is InChI=1S/C13H19NO3/c1-10(14-15)8-12-4-6-13(7-5-12)17-9-11(2)16-3/h4-7,11,15H,8-9H2,1-3H3/b14-10+. The van der Waals surface area contributed by atoms with E-state index in [4.69, 9.17) is 14.7 Å². The van der Waals surface area contributed by atoms with E-state index in [0.29, 0.717) is 18.7 Å². The zero-order valence-corrected chi connectivity index (χ0v) is 10.5. The summed E-state index contributed by atoms with van der Waals surface area (Å²) in [6.45, 7) is 4.27. The fraction of sp³-hybridized carbons (Fsp3) is 0.462. The van der Waals surface area contributed by atoms with Gasteiger partial charge in [0.25, 0.3) is 0 Å². The summed E-state index contributed by atoms with van der Waals surface area (Å²) < 4.78 is 10.6. The van der Waals surface area contributed by atoms with Crippen molar-refractivity contribution in [3.8, 4) is 5.75 Å². The van der Waals surface area contributed by atoms with E-state index in [-0.39, 0.29) is 6.10 Å². The molecule has 0 fully saturated rings. The molecule has 17 heavy (non-hydrogen) atoms. The van der Waals surface area contributed by atoms with Gasteiger partial charge in [0, 0.05) is 13.5 Å². The first-order valence-electron chi connectivity index (χ1n) is 5.57. The molecule has 0 bridgehead atoms. The summed E-state index contributed by atoms with van der Waals surface area (Å²) in [6.07, 6.45) is 0.726. The van der Waals surface area contributed by atoms with Crippen LogP contribution in [0.5, 0.6) is 5.75 Å². The number of hydrogen-bond donors (Lipinski definition) is 1. The summed E-state index contributed by atoms with van der Waals surface area (Å²) in [6, 6.07) is 7.73. The van der Waals surface area contributed by atoms with Gasteiger partial charge in [-0.25, -0.2) is 0 Å². The molecule has 1 atom stereocenters. The second-order valence-corrected chi connectivity index (χ2v) is 4.01. The SMILES string of the molecule is COC(C)COc1ccc(C/C(C)=N/O)cc1. The molecule has 1 rings (SSSR count). The van der Waals surface area contributed by atoms with Crippen LogP contribution in [0.4, 0.5) is 0 Å². The van der Waals surface area contributed by atoms with Gasteiger partial charge < -0.3 is 14.7 Å². The minimum atomic E-state index is 0.0819. The Kier molecular flexibility index (Phi) is 5.49. The van der Waals surface area contributed by atoms with Gasteiger partial charge in [0.2, 0.25) is 0 Å². The number of rotatable bonds is 6. The van der Waals surface area contributed by atoms with Crippen molar-refractivity contribution < 1.29 is 14.7 Å². The molecule has 0 amide bonds. The molecule has 0 aromatic heterocycles. The van der Waals surface area contributed by atoms with Gasteiger partial charge in [0.15, 0.2) is 0 Å². The van der Waals surface area contributed by atoms with Crippen LogP contribution in [-0.2, 0) is 11.2 Å². The summed E-state index contributed by atoms with van der Waals surface area (Å²) in [4.78, 5) is 0. The Morgan fingerprint density at radius 2 is 2.00 bits per heavy atom. The maximum atomic E-state index is 8.57. The Balaban J connectivity index is 2.50. The molecule has 0 spiro atoms. The van der Waals surface area contributed by atoms with Crippen molar-refractivity contribution >= 4 is 5.71 Å². The van der Waals surface area contributed by atoms with E-state index >= 15 is 0 Å².